The molecular weight excluding hydrogens is 616 g/mol. The number of carbonyl (C=O) groups excluding carboxylic acids is 2. The van der Waals surface area contributed by atoms with E-state index >= 15 is 0 Å². The first-order valence-electron chi connectivity index (χ1n) is 17.9. The number of rotatable bonds is 2. The van der Waals surface area contributed by atoms with Crippen molar-refractivity contribution in [3.05, 3.63) is 36.5 Å². The second kappa shape index (κ2) is 9.02. The van der Waals surface area contributed by atoms with Gasteiger partial charge in [0.15, 0.2) is 0 Å². The molecule has 10 aliphatic rings. The Bertz CT molecular complexity index is 1650. The van der Waals surface area contributed by atoms with Crippen LogP contribution in [0.5, 0.6) is 0 Å². The lowest BCUT2D eigenvalue weighted by Gasteiger charge is -2.44. The summed E-state index contributed by atoms with van der Waals surface area (Å²) in [4.78, 5) is 50.2. The average molecular weight is 663 g/mol. The number of allylic oxidation sites excluding steroid dienone is 2. The van der Waals surface area contributed by atoms with E-state index in [0.717, 1.165) is 50.5 Å². The second-order valence-electron chi connectivity index (χ2n) is 17.8. The molecule has 2 saturated heterocycles. The molecule has 2 spiro atoms. The number of carboxylic acids is 2. The molecular formula is C38H46O10. The van der Waals surface area contributed by atoms with Gasteiger partial charge in [0.2, 0.25) is 0 Å². The third-order valence-electron chi connectivity index (χ3n) is 16.5. The van der Waals surface area contributed by atoms with Gasteiger partial charge in [0.1, 0.15) is 16.6 Å². The molecule has 0 aromatic heterocycles. The normalized spacial score (nSPS) is 57.2. The van der Waals surface area contributed by atoms with Crippen molar-refractivity contribution in [3.8, 4) is 0 Å². The van der Waals surface area contributed by atoms with E-state index in [-0.39, 0.29) is 17.3 Å². The van der Waals surface area contributed by atoms with Crippen molar-refractivity contribution in [3.63, 3.8) is 0 Å². The fourth-order valence-electron chi connectivity index (χ4n) is 14.8. The highest BCUT2D eigenvalue weighted by atomic mass is 16.6. The Morgan fingerprint density at radius 2 is 1.31 bits per heavy atom. The molecule has 2 heterocycles. The van der Waals surface area contributed by atoms with Crippen molar-refractivity contribution in [2.45, 2.75) is 101 Å². The summed E-state index contributed by atoms with van der Waals surface area (Å²) in [6, 6.07) is 0. The standard InChI is InChI=1S/C19H24O5.C19H22O5/c2*1-9-7-18-8-10(9)3-4-11(18)19-6-5-12(20)17(2,16(23)24-19)14(19)13(18)15(21)22/h10-14,20H,1,3-8H2,2H3,(H,21,22);5-6,10-14,20H,1,3-4,7-8H2,2H3,(H,21,22)/t2*10-,11-,12+,13-,14-,17-,18+,19-/m11/s1. The molecule has 0 aromatic rings. The fourth-order valence-corrected chi connectivity index (χ4v) is 14.8. The van der Waals surface area contributed by atoms with Gasteiger partial charge in [-0.05, 0) is 107 Å². The van der Waals surface area contributed by atoms with Gasteiger partial charge in [0.25, 0.3) is 0 Å². The molecule has 0 radical (unpaired) electrons. The number of fused-ring (bicyclic) bond motifs is 2. The van der Waals surface area contributed by atoms with Crippen molar-refractivity contribution in [1.29, 1.82) is 0 Å². The average Bonchev–Trinajstić information content (AvgIpc) is 3.70. The summed E-state index contributed by atoms with van der Waals surface area (Å²) in [7, 11) is 0. The van der Waals surface area contributed by atoms with Crippen molar-refractivity contribution in [1.82, 2.24) is 0 Å². The van der Waals surface area contributed by atoms with Gasteiger partial charge in [-0.1, -0.05) is 30.4 Å². The van der Waals surface area contributed by atoms with Crippen LogP contribution < -0.4 is 0 Å². The number of ether oxygens (including phenoxy) is 2. The van der Waals surface area contributed by atoms with Crippen LogP contribution >= 0.6 is 0 Å². The maximum absolute atomic E-state index is 12.7. The van der Waals surface area contributed by atoms with E-state index in [4.69, 9.17) is 9.47 Å². The first-order valence-corrected chi connectivity index (χ1v) is 17.9. The predicted molar refractivity (Wildman–Crippen MR) is 168 cm³/mol. The quantitative estimate of drug-likeness (QED) is 0.250. The summed E-state index contributed by atoms with van der Waals surface area (Å²) < 4.78 is 11.9. The first kappa shape index (κ1) is 31.0. The largest absolute Gasteiger partial charge is 0.481 e. The van der Waals surface area contributed by atoms with Gasteiger partial charge in [-0.15, -0.1) is 0 Å². The van der Waals surface area contributed by atoms with Gasteiger partial charge in [-0.25, -0.2) is 0 Å². The second-order valence-corrected chi connectivity index (χ2v) is 17.8. The van der Waals surface area contributed by atoms with E-state index in [9.17, 15) is 39.6 Å². The lowest BCUT2D eigenvalue weighted by atomic mass is 9.59. The van der Waals surface area contributed by atoms with Crippen LogP contribution in [0.25, 0.3) is 0 Å². The molecule has 0 aromatic carbocycles. The molecule has 4 N–H and O–H groups in total. The highest BCUT2D eigenvalue weighted by molar-refractivity contribution is 5.87. The minimum atomic E-state index is -1.18. The van der Waals surface area contributed by atoms with Crippen molar-refractivity contribution >= 4 is 23.9 Å². The number of aliphatic hydroxyl groups excluding tert-OH is 2. The molecule has 258 valence electrons. The molecule has 2 aliphatic heterocycles. The van der Waals surface area contributed by atoms with E-state index in [1.807, 2.05) is 6.08 Å². The molecule has 7 saturated carbocycles. The summed E-state index contributed by atoms with van der Waals surface area (Å²) >= 11 is 0. The number of carbonyl (C=O) groups is 4. The van der Waals surface area contributed by atoms with E-state index < -0.39 is 87.2 Å². The molecule has 10 heteroatoms. The molecule has 16 atom stereocenters. The zero-order valence-electron chi connectivity index (χ0n) is 27.7. The zero-order valence-corrected chi connectivity index (χ0v) is 27.7. The minimum absolute atomic E-state index is 0.00104. The number of carboxylic acid groups (broad SMARTS) is 2. The van der Waals surface area contributed by atoms with Crippen molar-refractivity contribution in [2.24, 2.45) is 69.0 Å². The van der Waals surface area contributed by atoms with E-state index in [1.54, 1.807) is 19.9 Å². The Hall–Kier alpha value is -2.98. The van der Waals surface area contributed by atoms with Crippen LogP contribution in [0.3, 0.4) is 0 Å². The first-order chi connectivity index (χ1) is 22.5. The Morgan fingerprint density at radius 3 is 1.92 bits per heavy atom. The Balaban J connectivity index is 0.000000131. The molecule has 9 fully saturated rings. The van der Waals surface area contributed by atoms with Gasteiger partial charge in [0.05, 0.1) is 29.5 Å². The topological polar surface area (TPSA) is 168 Å². The molecule has 48 heavy (non-hydrogen) atoms. The predicted octanol–water partition coefficient (Wildman–Crippen LogP) is 4.05. The Labute approximate surface area is 279 Å². The van der Waals surface area contributed by atoms with E-state index in [2.05, 4.69) is 13.2 Å². The molecule has 10 rings (SSSR count). The van der Waals surface area contributed by atoms with Crippen LogP contribution in [0.15, 0.2) is 36.5 Å². The fraction of sp³-hybridized carbons (Fsp3) is 0.737. The smallest absolute Gasteiger partial charge is 0.316 e. The van der Waals surface area contributed by atoms with Crippen LogP contribution in [0.4, 0.5) is 0 Å². The minimum Gasteiger partial charge on any atom is -0.481 e. The SMILES string of the molecule is C=C1C[C@]23C[C@H]1CC[C@H]2[C@@]12C=C[C@H](O)[C@@](C)(C(=O)O1)[C@H]2[C@@H]3C(=O)O.C=C1C[C@]23C[C@H]1CC[C@H]2[C@@]12CC[C@H](O)[C@@](C)(C(=O)O1)[C@H]2[C@@H]3C(=O)O. The van der Waals surface area contributed by atoms with E-state index in [1.165, 1.54) is 5.57 Å². The zero-order chi connectivity index (χ0) is 34.1. The van der Waals surface area contributed by atoms with Crippen molar-refractivity contribution < 1.29 is 49.1 Å². The maximum Gasteiger partial charge on any atom is 0.316 e. The lowest BCUT2D eigenvalue weighted by Crippen LogP contribution is -2.53. The third kappa shape index (κ3) is 3.08. The summed E-state index contributed by atoms with van der Waals surface area (Å²) in [5.41, 5.74) is -2.25. The molecule has 8 bridgehead atoms. The van der Waals surface area contributed by atoms with Crippen LogP contribution in [-0.4, -0.2) is 67.7 Å². The number of aliphatic carboxylic acids is 2. The van der Waals surface area contributed by atoms with Gasteiger partial charge < -0.3 is 29.9 Å². The molecule has 0 amide bonds. The van der Waals surface area contributed by atoms with Crippen LogP contribution in [0, 0.1) is 69.0 Å². The van der Waals surface area contributed by atoms with E-state index in [0.29, 0.717) is 31.1 Å². The van der Waals surface area contributed by atoms with Gasteiger partial charge in [-0.2, -0.15) is 0 Å². The summed E-state index contributed by atoms with van der Waals surface area (Å²) in [5.74, 6) is -3.90. The third-order valence-corrected chi connectivity index (χ3v) is 16.5. The molecule has 8 aliphatic carbocycles. The molecule has 0 unspecified atom stereocenters. The summed E-state index contributed by atoms with van der Waals surface area (Å²) in [5, 5.41) is 41.4. The number of hydrogen-bond donors (Lipinski definition) is 4. The maximum atomic E-state index is 12.7. The summed E-state index contributed by atoms with van der Waals surface area (Å²) in [6.45, 7) is 11.8. The summed E-state index contributed by atoms with van der Waals surface area (Å²) in [6.07, 6.45) is 9.64. The number of hydrogen-bond acceptors (Lipinski definition) is 8. The van der Waals surface area contributed by atoms with Gasteiger partial charge >= 0.3 is 23.9 Å². The van der Waals surface area contributed by atoms with Crippen LogP contribution in [0.2, 0.25) is 0 Å². The monoisotopic (exact) mass is 662 g/mol. The lowest BCUT2D eigenvalue weighted by molar-refractivity contribution is -0.163. The van der Waals surface area contributed by atoms with Gasteiger partial charge in [0, 0.05) is 23.7 Å². The van der Waals surface area contributed by atoms with Crippen LogP contribution in [0.1, 0.15) is 78.1 Å². The highest BCUT2D eigenvalue weighted by Gasteiger charge is 2.84. The Kier molecular flexibility index (Phi) is 5.83. The van der Waals surface area contributed by atoms with Crippen LogP contribution in [-0.2, 0) is 28.7 Å². The highest BCUT2D eigenvalue weighted by Crippen LogP contribution is 2.79. The number of aliphatic hydroxyl groups is 2. The Morgan fingerprint density at radius 1 is 0.771 bits per heavy atom. The molecule has 10 nitrogen and oxygen atoms in total. The van der Waals surface area contributed by atoms with Crippen molar-refractivity contribution in [2.75, 3.05) is 0 Å². The number of esters is 2. The van der Waals surface area contributed by atoms with Gasteiger partial charge in [-0.3, -0.25) is 19.2 Å².